The highest BCUT2D eigenvalue weighted by Gasteiger charge is 2.53. The molecule has 2 saturated carbocycles. The summed E-state index contributed by atoms with van der Waals surface area (Å²) in [5, 5.41) is 18.3. The fraction of sp³-hybridized carbons (Fsp3) is 0.407. The Bertz CT molecular complexity index is 1100. The Morgan fingerprint density at radius 3 is 2.37 bits per heavy atom. The van der Waals surface area contributed by atoms with Gasteiger partial charge < -0.3 is 20.1 Å². The van der Waals surface area contributed by atoms with Crippen LogP contribution in [0.5, 0.6) is 0 Å². The average Bonchev–Trinajstić information content (AvgIpc) is 3.68. The highest BCUT2D eigenvalue weighted by Crippen LogP contribution is 2.49. The van der Waals surface area contributed by atoms with Crippen molar-refractivity contribution < 1.29 is 19.4 Å². The van der Waals surface area contributed by atoms with Crippen LogP contribution in [0.15, 0.2) is 65.4 Å². The minimum absolute atomic E-state index is 0.0679. The number of carbonyl (C=O) groups is 2. The molecule has 2 N–H and O–H groups in total. The molecule has 4 atom stereocenters. The van der Waals surface area contributed by atoms with Gasteiger partial charge in [0.2, 0.25) is 5.60 Å². The number of likely N-dealkylation sites (N-methyl/N-ethyl adjacent to an activating group) is 1. The van der Waals surface area contributed by atoms with Gasteiger partial charge in [-0.05, 0) is 67.3 Å². The molecule has 35 heavy (non-hydrogen) atoms. The van der Waals surface area contributed by atoms with Crippen LogP contribution in [0.1, 0.15) is 39.4 Å². The first-order valence-electron chi connectivity index (χ1n) is 12.0. The lowest BCUT2D eigenvalue weighted by Crippen LogP contribution is -2.43. The van der Waals surface area contributed by atoms with Crippen molar-refractivity contribution in [3.05, 3.63) is 80.7 Å². The number of nitrogens with one attached hydrogen (secondary N) is 1. The summed E-state index contributed by atoms with van der Waals surface area (Å²) in [5.41, 5.74) is -1.11. The third kappa shape index (κ3) is 4.68. The lowest BCUT2D eigenvalue weighted by atomic mass is 9.96. The van der Waals surface area contributed by atoms with E-state index in [0.29, 0.717) is 33.8 Å². The van der Waals surface area contributed by atoms with Crippen molar-refractivity contribution in [3.8, 4) is 0 Å². The number of hydrogen-bond donors (Lipinski definition) is 2. The van der Waals surface area contributed by atoms with Crippen molar-refractivity contribution in [2.45, 2.75) is 37.0 Å². The maximum absolute atomic E-state index is 13.4. The molecule has 1 amide bonds. The Labute approximate surface area is 213 Å². The van der Waals surface area contributed by atoms with Crippen LogP contribution in [-0.2, 0) is 15.1 Å². The first-order chi connectivity index (χ1) is 17.0. The summed E-state index contributed by atoms with van der Waals surface area (Å²) < 4.78 is 6.07. The fourth-order valence-electron chi connectivity index (χ4n) is 5.76. The minimum atomic E-state index is -1.77. The van der Waals surface area contributed by atoms with Crippen molar-refractivity contribution in [2.75, 3.05) is 20.1 Å². The van der Waals surface area contributed by atoms with Crippen LogP contribution < -0.4 is 5.32 Å². The monoisotopic (exact) mass is 510 g/mol. The molecule has 2 aromatic heterocycles. The maximum Gasteiger partial charge on any atom is 0.349 e. The highest BCUT2D eigenvalue weighted by molar-refractivity contribution is 7.12. The second kappa shape index (κ2) is 10.2. The van der Waals surface area contributed by atoms with Crippen LogP contribution in [-0.4, -0.2) is 54.2 Å². The summed E-state index contributed by atoms with van der Waals surface area (Å²) >= 11 is 2.72. The quantitative estimate of drug-likeness (QED) is 0.424. The van der Waals surface area contributed by atoms with Crippen LogP contribution in [0, 0.1) is 11.8 Å². The Kier molecular flexibility index (Phi) is 7.07. The number of aliphatic hydroxyl groups is 1. The predicted molar refractivity (Wildman–Crippen MR) is 138 cm³/mol. The zero-order valence-corrected chi connectivity index (χ0v) is 21.3. The van der Waals surface area contributed by atoms with E-state index in [4.69, 9.17) is 4.74 Å². The first kappa shape index (κ1) is 24.2. The SMILES string of the molecule is CN(CCNC(=O)c1ccccc1)C1C2CC[C@@H]1[C@H](OC(=O)C(O)(c1cccs1)c1cccs1)C2. The summed E-state index contributed by atoms with van der Waals surface area (Å²) in [5.74, 6) is 0.0250. The zero-order chi connectivity index (χ0) is 24.4. The topological polar surface area (TPSA) is 78.9 Å². The molecule has 5 rings (SSSR count). The summed E-state index contributed by atoms with van der Waals surface area (Å²) in [6, 6.07) is 16.8. The number of amides is 1. The van der Waals surface area contributed by atoms with E-state index < -0.39 is 11.6 Å². The molecule has 2 aliphatic carbocycles. The van der Waals surface area contributed by atoms with Gasteiger partial charge in [0, 0.05) is 30.6 Å². The van der Waals surface area contributed by atoms with Gasteiger partial charge >= 0.3 is 5.97 Å². The number of nitrogens with zero attached hydrogens (tertiary/aromatic N) is 1. The van der Waals surface area contributed by atoms with Gasteiger partial charge in [-0.25, -0.2) is 4.79 Å². The number of esters is 1. The fourth-order valence-corrected chi connectivity index (χ4v) is 7.47. The largest absolute Gasteiger partial charge is 0.459 e. The summed E-state index contributed by atoms with van der Waals surface area (Å²) in [4.78, 5) is 29.2. The van der Waals surface area contributed by atoms with Gasteiger partial charge in [0.05, 0.1) is 9.75 Å². The van der Waals surface area contributed by atoms with Crippen LogP contribution in [0.3, 0.4) is 0 Å². The molecule has 6 nitrogen and oxygen atoms in total. The van der Waals surface area contributed by atoms with Crippen molar-refractivity contribution in [2.24, 2.45) is 11.8 Å². The molecule has 184 valence electrons. The molecule has 8 heteroatoms. The molecule has 3 aromatic rings. The van der Waals surface area contributed by atoms with E-state index in [0.717, 1.165) is 25.8 Å². The van der Waals surface area contributed by atoms with E-state index in [1.54, 1.807) is 12.1 Å². The van der Waals surface area contributed by atoms with Gasteiger partial charge in [0.15, 0.2) is 0 Å². The predicted octanol–water partition coefficient (Wildman–Crippen LogP) is 4.12. The zero-order valence-electron chi connectivity index (χ0n) is 19.6. The van der Waals surface area contributed by atoms with Crippen molar-refractivity contribution >= 4 is 34.6 Å². The smallest absolute Gasteiger partial charge is 0.349 e. The van der Waals surface area contributed by atoms with E-state index in [2.05, 4.69) is 17.3 Å². The number of carbonyl (C=O) groups excluding carboxylic acids is 2. The average molecular weight is 511 g/mol. The van der Waals surface area contributed by atoms with Gasteiger partial charge in [0.1, 0.15) is 6.10 Å². The minimum Gasteiger partial charge on any atom is -0.459 e. The highest BCUT2D eigenvalue weighted by atomic mass is 32.1. The van der Waals surface area contributed by atoms with Crippen LogP contribution in [0.25, 0.3) is 0 Å². The van der Waals surface area contributed by atoms with Gasteiger partial charge in [-0.3, -0.25) is 4.79 Å². The number of hydrogen-bond acceptors (Lipinski definition) is 7. The van der Waals surface area contributed by atoms with E-state index in [-0.39, 0.29) is 17.9 Å². The summed E-state index contributed by atoms with van der Waals surface area (Å²) in [6.45, 7) is 1.28. The van der Waals surface area contributed by atoms with Crippen molar-refractivity contribution in [1.82, 2.24) is 10.2 Å². The molecule has 2 bridgehead atoms. The molecule has 1 aromatic carbocycles. The molecule has 0 spiro atoms. The molecule has 2 unspecified atom stereocenters. The molecule has 0 aliphatic heterocycles. The lowest BCUT2D eigenvalue weighted by molar-refractivity contribution is -0.170. The van der Waals surface area contributed by atoms with Crippen LogP contribution in [0.2, 0.25) is 0 Å². The normalized spacial score (nSPS) is 23.5. The van der Waals surface area contributed by atoms with Crippen molar-refractivity contribution in [1.29, 1.82) is 0 Å². The molecule has 0 radical (unpaired) electrons. The number of fused-ring (bicyclic) bond motifs is 2. The third-order valence-corrected chi connectivity index (χ3v) is 9.37. The number of rotatable bonds is 9. The van der Waals surface area contributed by atoms with Crippen LogP contribution >= 0.6 is 22.7 Å². The molecule has 2 aliphatic rings. The molecule has 0 saturated heterocycles. The van der Waals surface area contributed by atoms with E-state index >= 15 is 0 Å². The summed E-state index contributed by atoms with van der Waals surface area (Å²) in [7, 11) is 2.09. The Hall–Kier alpha value is -2.52. The second-order valence-corrected chi connectivity index (χ2v) is 11.3. The number of benzene rings is 1. The first-order valence-corrected chi connectivity index (χ1v) is 13.8. The van der Waals surface area contributed by atoms with E-state index in [1.165, 1.54) is 22.7 Å². The lowest BCUT2D eigenvalue weighted by Gasteiger charge is -2.31. The standard InChI is InChI=1S/C27H30N2O4S2/c1-29(14-13-28-25(30)18-7-3-2-4-8-18)24-19-11-12-20(24)21(17-19)33-26(31)27(32,22-9-5-15-34-22)23-10-6-16-35-23/h2-10,15-16,19-21,24,32H,11-14,17H2,1H3,(H,28,30)/t19?,20-,21-,24?/m1/s1. The Balaban J connectivity index is 1.21. The van der Waals surface area contributed by atoms with Gasteiger partial charge in [-0.2, -0.15) is 0 Å². The van der Waals surface area contributed by atoms with Gasteiger partial charge in [-0.1, -0.05) is 30.3 Å². The van der Waals surface area contributed by atoms with Gasteiger partial charge in [-0.15, -0.1) is 22.7 Å². The summed E-state index contributed by atoms with van der Waals surface area (Å²) in [6.07, 6.45) is 2.72. The Morgan fingerprint density at radius 2 is 1.74 bits per heavy atom. The second-order valence-electron chi connectivity index (χ2n) is 9.44. The van der Waals surface area contributed by atoms with Gasteiger partial charge in [0.25, 0.3) is 5.91 Å². The molecular formula is C27H30N2O4S2. The van der Waals surface area contributed by atoms with E-state index in [1.807, 2.05) is 53.2 Å². The van der Waals surface area contributed by atoms with E-state index in [9.17, 15) is 14.7 Å². The molecule has 2 heterocycles. The number of thiophene rings is 2. The van der Waals surface area contributed by atoms with Crippen molar-refractivity contribution in [3.63, 3.8) is 0 Å². The van der Waals surface area contributed by atoms with Crippen LogP contribution in [0.4, 0.5) is 0 Å². The maximum atomic E-state index is 13.4. The Morgan fingerprint density at radius 1 is 1.06 bits per heavy atom. The number of ether oxygens (including phenoxy) is 1. The molecule has 2 fully saturated rings. The third-order valence-electron chi connectivity index (χ3n) is 7.41. The molecular weight excluding hydrogens is 480 g/mol.